The van der Waals surface area contributed by atoms with E-state index in [-0.39, 0.29) is 0 Å². The average Bonchev–Trinajstić information content (AvgIpc) is 2.74. The molecule has 1 N–H and O–H groups in total. The van der Waals surface area contributed by atoms with Crippen molar-refractivity contribution in [1.29, 1.82) is 0 Å². The third-order valence-corrected chi connectivity index (χ3v) is 4.67. The highest BCUT2D eigenvalue weighted by atomic mass is 16.4. The first-order chi connectivity index (χ1) is 13.2. The van der Waals surface area contributed by atoms with Gasteiger partial charge in [-0.3, -0.25) is 0 Å². The van der Waals surface area contributed by atoms with Crippen molar-refractivity contribution in [2.75, 3.05) is 0 Å². The third-order valence-electron chi connectivity index (χ3n) is 4.67. The van der Waals surface area contributed by atoms with E-state index in [1.165, 1.54) is 11.1 Å². The van der Waals surface area contributed by atoms with Crippen LogP contribution in [0.2, 0.25) is 0 Å². The van der Waals surface area contributed by atoms with E-state index < -0.39 is 5.97 Å². The fourth-order valence-corrected chi connectivity index (χ4v) is 3.35. The predicted octanol–water partition coefficient (Wildman–Crippen LogP) is 6.39. The lowest BCUT2D eigenvalue weighted by Crippen LogP contribution is -1.95. The van der Waals surface area contributed by atoms with Crippen molar-refractivity contribution in [3.63, 3.8) is 0 Å². The summed E-state index contributed by atoms with van der Waals surface area (Å²) in [5, 5.41) is 9.14. The molecule has 0 aliphatic carbocycles. The monoisotopic (exact) mass is 350 g/mol. The third kappa shape index (κ3) is 3.38. The number of hydrogen-bond acceptors (Lipinski definition) is 1. The maximum atomic E-state index is 11.1. The van der Waals surface area contributed by atoms with Crippen LogP contribution in [-0.4, -0.2) is 11.1 Å². The highest BCUT2D eigenvalue weighted by molar-refractivity contribution is 5.93. The minimum absolute atomic E-state index is 0.293. The van der Waals surface area contributed by atoms with Gasteiger partial charge in [-0.1, -0.05) is 91.0 Å². The molecule has 0 amide bonds. The van der Waals surface area contributed by atoms with Crippen LogP contribution >= 0.6 is 0 Å². The van der Waals surface area contributed by atoms with E-state index in [1.807, 2.05) is 48.5 Å². The number of aromatic carboxylic acids is 1. The van der Waals surface area contributed by atoms with Crippen molar-refractivity contribution in [1.82, 2.24) is 0 Å². The quantitative estimate of drug-likeness (QED) is 0.463. The highest BCUT2D eigenvalue weighted by Crippen LogP contribution is 2.37. The van der Waals surface area contributed by atoms with Gasteiger partial charge in [0.2, 0.25) is 0 Å². The van der Waals surface area contributed by atoms with E-state index in [0.717, 1.165) is 22.3 Å². The molecular weight excluding hydrogens is 332 g/mol. The molecule has 0 bridgehead atoms. The van der Waals surface area contributed by atoms with E-state index in [0.29, 0.717) is 5.56 Å². The molecule has 0 radical (unpaired) electrons. The molecule has 0 spiro atoms. The summed E-state index contributed by atoms with van der Waals surface area (Å²) in [6.07, 6.45) is 0. The molecule has 2 nitrogen and oxygen atoms in total. The summed E-state index contributed by atoms with van der Waals surface area (Å²) in [5.74, 6) is -0.913. The van der Waals surface area contributed by atoms with Crippen LogP contribution in [0.3, 0.4) is 0 Å². The van der Waals surface area contributed by atoms with E-state index >= 15 is 0 Å². The molecule has 4 aromatic carbocycles. The molecule has 2 heteroatoms. The van der Waals surface area contributed by atoms with Gasteiger partial charge < -0.3 is 5.11 Å². The van der Waals surface area contributed by atoms with Gasteiger partial charge in [-0.05, 0) is 45.5 Å². The summed E-state index contributed by atoms with van der Waals surface area (Å²) in [6.45, 7) is 0. The van der Waals surface area contributed by atoms with Crippen LogP contribution in [-0.2, 0) is 0 Å². The van der Waals surface area contributed by atoms with Crippen LogP contribution in [0.4, 0.5) is 0 Å². The van der Waals surface area contributed by atoms with Crippen molar-refractivity contribution in [2.45, 2.75) is 0 Å². The lowest BCUT2D eigenvalue weighted by molar-refractivity contribution is 0.0697. The van der Waals surface area contributed by atoms with E-state index in [1.54, 1.807) is 12.1 Å². The second-order valence-electron chi connectivity index (χ2n) is 6.34. The molecule has 0 aliphatic heterocycles. The Bertz CT molecular complexity index is 1080. The van der Waals surface area contributed by atoms with Crippen LogP contribution in [0.1, 0.15) is 10.4 Å². The minimum atomic E-state index is -0.913. The molecule has 27 heavy (non-hydrogen) atoms. The lowest BCUT2D eigenvalue weighted by Gasteiger charge is -2.14. The zero-order valence-corrected chi connectivity index (χ0v) is 14.7. The molecule has 130 valence electrons. The SMILES string of the molecule is O=C(O)c1ccc(-c2ccccc2-c2ccccc2-c2ccccc2)cc1. The van der Waals surface area contributed by atoms with Crippen LogP contribution in [0.15, 0.2) is 103 Å². The summed E-state index contributed by atoms with van der Waals surface area (Å²) in [4.78, 5) is 11.1. The molecule has 4 rings (SSSR count). The first-order valence-corrected chi connectivity index (χ1v) is 8.81. The van der Waals surface area contributed by atoms with Crippen molar-refractivity contribution in [3.05, 3.63) is 109 Å². The molecule has 0 fully saturated rings. The van der Waals surface area contributed by atoms with Gasteiger partial charge in [0, 0.05) is 0 Å². The summed E-state index contributed by atoms with van der Waals surface area (Å²) in [5.41, 5.74) is 7.00. The Kier molecular flexibility index (Phi) is 4.54. The zero-order valence-electron chi connectivity index (χ0n) is 14.7. The normalized spacial score (nSPS) is 10.5. The van der Waals surface area contributed by atoms with Gasteiger partial charge >= 0.3 is 5.97 Å². The maximum absolute atomic E-state index is 11.1. The summed E-state index contributed by atoms with van der Waals surface area (Å²) in [7, 11) is 0. The molecule has 0 unspecified atom stereocenters. The fourth-order valence-electron chi connectivity index (χ4n) is 3.35. The van der Waals surface area contributed by atoms with Gasteiger partial charge in [-0.25, -0.2) is 4.79 Å². The summed E-state index contributed by atoms with van der Waals surface area (Å²) < 4.78 is 0. The molecule has 0 saturated heterocycles. The highest BCUT2D eigenvalue weighted by Gasteiger charge is 2.12. The Morgan fingerprint density at radius 1 is 0.481 bits per heavy atom. The topological polar surface area (TPSA) is 37.3 Å². The molecule has 0 aliphatic rings. The van der Waals surface area contributed by atoms with E-state index in [2.05, 4.69) is 42.5 Å². The second-order valence-corrected chi connectivity index (χ2v) is 6.34. The lowest BCUT2D eigenvalue weighted by atomic mass is 9.89. The molecule has 0 atom stereocenters. The van der Waals surface area contributed by atoms with E-state index in [9.17, 15) is 4.79 Å². The first-order valence-electron chi connectivity index (χ1n) is 8.81. The predicted molar refractivity (Wildman–Crippen MR) is 110 cm³/mol. The fraction of sp³-hybridized carbons (Fsp3) is 0. The first kappa shape index (κ1) is 16.8. The largest absolute Gasteiger partial charge is 0.478 e. The smallest absolute Gasteiger partial charge is 0.335 e. The van der Waals surface area contributed by atoms with Crippen molar-refractivity contribution < 1.29 is 9.90 Å². The Hall–Kier alpha value is -3.65. The van der Waals surface area contributed by atoms with E-state index in [4.69, 9.17) is 5.11 Å². The van der Waals surface area contributed by atoms with Gasteiger partial charge in [0.25, 0.3) is 0 Å². The van der Waals surface area contributed by atoms with Gasteiger partial charge in [0.05, 0.1) is 5.56 Å². The van der Waals surface area contributed by atoms with Gasteiger partial charge in [-0.2, -0.15) is 0 Å². The minimum Gasteiger partial charge on any atom is -0.478 e. The number of rotatable bonds is 4. The summed E-state index contributed by atoms with van der Waals surface area (Å²) in [6, 6.07) is 34.0. The summed E-state index contributed by atoms with van der Waals surface area (Å²) >= 11 is 0. The van der Waals surface area contributed by atoms with Crippen LogP contribution < -0.4 is 0 Å². The molecule has 0 aromatic heterocycles. The van der Waals surface area contributed by atoms with Gasteiger partial charge in [-0.15, -0.1) is 0 Å². The maximum Gasteiger partial charge on any atom is 0.335 e. The van der Waals surface area contributed by atoms with Crippen molar-refractivity contribution >= 4 is 5.97 Å². The van der Waals surface area contributed by atoms with Gasteiger partial charge in [0.1, 0.15) is 0 Å². The van der Waals surface area contributed by atoms with Crippen LogP contribution in [0.5, 0.6) is 0 Å². The number of benzene rings is 4. The standard InChI is InChI=1S/C25H18O2/c26-25(27)20-16-14-19(15-17-20)22-11-5-7-13-24(22)23-12-6-4-10-21(23)18-8-2-1-3-9-18/h1-17H,(H,26,27). The molecule has 4 aromatic rings. The Labute approximate surface area is 158 Å². The number of hydrogen-bond donors (Lipinski definition) is 1. The Morgan fingerprint density at radius 2 is 0.889 bits per heavy atom. The van der Waals surface area contributed by atoms with Crippen LogP contribution in [0, 0.1) is 0 Å². The number of carboxylic acid groups (broad SMARTS) is 1. The Balaban J connectivity index is 1.87. The van der Waals surface area contributed by atoms with Crippen molar-refractivity contribution in [2.24, 2.45) is 0 Å². The number of carbonyl (C=O) groups is 1. The zero-order chi connectivity index (χ0) is 18.6. The number of carboxylic acids is 1. The average molecular weight is 350 g/mol. The second kappa shape index (κ2) is 7.30. The molecule has 0 saturated carbocycles. The Morgan fingerprint density at radius 3 is 1.37 bits per heavy atom. The molecular formula is C25H18O2. The van der Waals surface area contributed by atoms with Crippen LogP contribution in [0.25, 0.3) is 33.4 Å². The molecule has 0 heterocycles. The van der Waals surface area contributed by atoms with Crippen molar-refractivity contribution in [3.8, 4) is 33.4 Å². The van der Waals surface area contributed by atoms with Gasteiger partial charge in [0.15, 0.2) is 0 Å².